The minimum atomic E-state index is -0.213. The van der Waals surface area contributed by atoms with E-state index >= 15 is 0 Å². The molecule has 0 N–H and O–H groups in total. The normalized spacial score (nSPS) is 19.3. The van der Waals surface area contributed by atoms with Gasteiger partial charge in [0, 0.05) is 55.2 Å². The molecule has 2 aliphatic rings. The highest BCUT2D eigenvalue weighted by molar-refractivity contribution is 6.30. The summed E-state index contributed by atoms with van der Waals surface area (Å²) in [5.74, 6) is 1.02. The Kier molecular flexibility index (Phi) is 7.99. The number of esters is 1. The number of anilines is 2. The number of likely N-dealkylation sites (N-methyl/N-ethyl adjacent to an activating group) is 1. The monoisotopic (exact) mass is 484 g/mol. The first-order valence-corrected chi connectivity index (χ1v) is 12.9. The van der Waals surface area contributed by atoms with Gasteiger partial charge in [-0.05, 0) is 62.6 Å². The molecule has 2 aromatic rings. The van der Waals surface area contributed by atoms with E-state index in [4.69, 9.17) is 16.3 Å². The van der Waals surface area contributed by atoms with Crippen molar-refractivity contribution in [3.63, 3.8) is 0 Å². The number of carbonyl (C=O) groups is 1. The van der Waals surface area contributed by atoms with Crippen LogP contribution in [0.25, 0.3) is 0 Å². The van der Waals surface area contributed by atoms with Crippen molar-refractivity contribution in [3.8, 4) is 5.75 Å². The molecule has 0 bridgehead atoms. The van der Waals surface area contributed by atoms with Gasteiger partial charge < -0.3 is 14.5 Å². The summed E-state index contributed by atoms with van der Waals surface area (Å²) in [6.45, 7) is 12.9. The van der Waals surface area contributed by atoms with Crippen LogP contribution < -0.4 is 14.5 Å². The Bertz CT molecular complexity index is 990. The fourth-order valence-corrected chi connectivity index (χ4v) is 5.43. The molecule has 0 saturated carbocycles. The van der Waals surface area contributed by atoms with Gasteiger partial charge >= 0.3 is 5.97 Å². The zero-order chi connectivity index (χ0) is 24.2. The summed E-state index contributed by atoms with van der Waals surface area (Å²) in [6.07, 6.45) is 5.21. The molecule has 0 amide bonds. The van der Waals surface area contributed by atoms with Crippen molar-refractivity contribution < 1.29 is 9.53 Å². The van der Waals surface area contributed by atoms with Crippen LogP contribution >= 0.6 is 11.6 Å². The lowest BCUT2D eigenvalue weighted by Gasteiger charge is -2.41. The second kappa shape index (κ2) is 11.0. The minimum absolute atomic E-state index is 0.174. The van der Waals surface area contributed by atoms with Crippen LogP contribution in [0, 0.1) is 12.8 Å². The smallest absolute Gasteiger partial charge is 0.313 e. The molecule has 1 aromatic heterocycles. The maximum Gasteiger partial charge on any atom is 0.313 e. The van der Waals surface area contributed by atoms with Crippen molar-refractivity contribution in [3.05, 3.63) is 47.1 Å². The number of pyridine rings is 1. The van der Waals surface area contributed by atoms with E-state index in [0.29, 0.717) is 17.8 Å². The number of hydrogen-bond acceptors (Lipinski definition) is 6. The Hall–Kier alpha value is -2.31. The van der Waals surface area contributed by atoms with Crippen LogP contribution in [0.1, 0.15) is 45.6 Å². The molecule has 0 aliphatic carbocycles. The fraction of sp³-hybridized carbons (Fsp3) is 0.556. The molecule has 0 spiro atoms. The fourth-order valence-electron chi connectivity index (χ4n) is 5.25. The van der Waals surface area contributed by atoms with Gasteiger partial charge in [0.15, 0.2) is 11.6 Å². The largest absolute Gasteiger partial charge is 0.422 e. The second-order valence-electron chi connectivity index (χ2n) is 9.77. The average Bonchev–Trinajstić information content (AvgIpc) is 3.31. The molecule has 0 radical (unpaired) electrons. The van der Waals surface area contributed by atoms with E-state index in [2.05, 4.69) is 38.7 Å². The van der Waals surface area contributed by atoms with Gasteiger partial charge in [-0.2, -0.15) is 0 Å². The molecule has 184 valence electrons. The summed E-state index contributed by atoms with van der Waals surface area (Å²) in [6, 6.07) is 11.1. The van der Waals surface area contributed by atoms with E-state index in [-0.39, 0.29) is 11.9 Å². The van der Waals surface area contributed by atoms with E-state index in [1.165, 1.54) is 5.69 Å². The lowest BCUT2D eigenvalue weighted by molar-refractivity contribution is -0.137. The SMILES string of the molecule is CCN(C1CCN(c2cccc(Cl)c2)CC1)[C@@H]1CCN(c2nccc(C)c2OC(=O)C(C)C)C1. The van der Waals surface area contributed by atoms with Crippen LogP contribution in [-0.2, 0) is 4.79 Å². The van der Waals surface area contributed by atoms with Crippen molar-refractivity contribution in [1.82, 2.24) is 9.88 Å². The predicted octanol–water partition coefficient (Wildman–Crippen LogP) is 5.17. The van der Waals surface area contributed by atoms with Crippen LogP contribution in [0.5, 0.6) is 5.75 Å². The highest BCUT2D eigenvalue weighted by atomic mass is 35.5. The number of rotatable bonds is 7. The Balaban J connectivity index is 1.41. The first-order valence-electron chi connectivity index (χ1n) is 12.6. The molecule has 2 saturated heterocycles. The molecule has 1 atom stereocenters. The number of halogens is 1. The van der Waals surface area contributed by atoms with Crippen LogP contribution in [0.3, 0.4) is 0 Å². The summed E-state index contributed by atoms with van der Waals surface area (Å²) in [5, 5.41) is 0.795. The minimum Gasteiger partial charge on any atom is -0.422 e. The summed E-state index contributed by atoms with van der Waals surface area (Å²) in [5.41, 5.74) is 2.17. The molecule has 2 fully saturated rings. The van der Waals surface area contributed by atoms with E-state index in [1.807, 2.05) is 45.2 Å². The molecular formula is C27H37ClN4O2. The van der Waals surface area contributed by atoms with Crippen molar-refractivity contribution in [2.45, 2.75) is 59.0 Å². The summed E-state index contributed by atoms with van der Waals surface area (Å²) in [4.78, 5) is 24.4. The molecule has 0 unspecified atom stereocenters. The van der Waals surface area contributed by atoms with Gasteiger partial charge in [-0.1, -0.05) is 38.4 Å². The lowest BCUT2D eigenvalue weighted by atomic mass is 10.00. The molecule has 6 nitrogen and oxygen atoms in total. The van der Waals surface area contributed by atoms with Crippen molar-refractivity contribution >= 4 is 29.1 Å². The average molecular weight is 485 g/mol. The topological polar surface area (TPSA) is 48.9 Å². The predicted molar refractivity (Wildman–Crippen MR) is 139 cm³/mol. The zero-order valence-corrected chi connectivity index (χ0v) is 21.6. The van der Waals surface area contributed by atoms with Crippen LogP contribution in [0.4, 0.5) is 11.5 Å². The molecule has 4 rings (SSSR count). The molecular weight excluding hydrogens is 448 g/mol. The van der Waals surface area contributed by atoms with Crippen LogP contribution in [0.2, 0.25) is 5.02 Å². The van der Waals surface area contributed by atoms with E-state index in [1.54, 1.807) is 0 Å². The maximum atomic E-state index is 12.3. The standard InChI is InChI=1S/C27H37ClN4O2/c1-5-32(22-10-14-30(15-11-22)23-8-6-7-21(28)17-23)24-12-16-31(18-24)26-25(20(4)9-13-29-26)34-27(33)19(2)3/h6-9,13,17,19,22,24H,5,10-12,14-16,18H2,1-4H3/t24-/m1/s1. The van der Waals surface area contributed by atoms with Crippen molar-refractivity contribution in [2.24, 2.45) is 5.92 Å². The number of carbonyl (C=O) groups excluding carboxylic acids is 1. The first kappa shape index (κ1) is 24.8. The third kappa shape index (κ3) is 5.49. The third-order valence-corrected chi connectivity index (χ3v) is 7.40. The Morgan fingerprint density at radius 2 is 1.85 bits per heavy atom. The molecule has 3 heterocycles. The number of aryl methyl sites for hydroxylation is 1. The Morgan fingerprint density at radius 3 is 2.53 bits per heavy atom. The summed E-state index contributed by atoms with van der Waals surface area (Å²) >= 11 is 6.21. The number of hydrogen-bond donors (Lipinski definition) is 0. The summed E-state index contributed by atoms with van der Waals surface area (Å²) < 4.78 is 5.78. The zero-order valence-electron chi connectivity index (χ0n) is 20.8. The third-order valence-electron chi connectivity index (χ3n) is 7.16. The first-order chi connectivity index (χ1) is 16.4. The van der Waals surface area contributed by atoms with Gasteiger partial charge in [-0.3, -0.25) is 9.69 Å². The number of piperidine rings is 1. The van der Waals surface area contributed by atoms with Crippen LogP contribution in [0.15, 0.2) is 36.5 Å². The molecule has 34 heavy (non-hydrogen) atoms. The summed E-state index contributed by atoms with van der Waals surface area (Å²) in [7, 11) is 0. The van der Waals surface area contributed by atoms with E-state index in [9.17, 15) is 4.79 Å². The Morgan fingerprint density at radius 1 is 1.15 bits per heavy atom. The van der Waals surface area contributed by atoms with Gasteiger partial charge in [0.05, 0.1) is 5.92 Å². The maximum absolute atomic E-state index is 12.3. The van der Waals surface area contributed by atoms with Gasteiger partial charge in [-0.25, -0.2) is 4.98 Å². The van der Waals surface area contributed by atoms with E-state index < -0.39 is 0 Å². The lowest BCUT2D eigenvalue weighted by Crippen LogP contribution is -2.50. The number of nitrogens with zero attached hydrogens (tertiary/aromatic N) is 4. The number of aromatic nitrogens is 1. The van der Waals surface area contributed by atoms with Gasteiger partial charge in [0.1, 0.15) is 0 Å². The van der Waals surface area contributed by atoms with Crippen molar-refractivity contribution in [1.29, 1.82) is 0 Å². The second-order valence-corrected chi connectivity index (χ2v) is 10.2. The van der Waals surface area contributed by atoms with Crippen molar-refractivity contribution in [2.75, 3.05) is 42.5 Å². The molecule has 2 aliphatic heterocycles. The number of benzene rings is 1. The van der Waals surface area contributed by atoms with Gasteiger partial charge in [0.2, 0.25) is 0 Å². The van der Waals surface area contributed by atoms with E-state index in [0.717, 1.165) is 68.4 Å². The molecule has 7 heteroatoms. The molecule has 1 aromatic carbocycles. The quantitative estimate of drug-likeness (QED) is 0.505. The highest BCUT2D eigenvalue weighted by Crippen LogP contribution is 2.34. The van der Waals surface area contributed by atoms with Crippen LogP contribution in [-0.4, -0.2) is 60.7 Å². The number of ether oxygens (including phenoxy) is 1. The van der Waals surface area contributed by atoms with Gasteiger partial charge in [-0.15, -0.1) is 0 Å². The highest BCUT2D eigenvalue weighted by Gasteiger charge is 2.34. The Labute approximate surface area is 208 Å². The van der Waals surface area contributed by atoms with Gasteiger partial charge in [0.25, 0.3) is 0 Å².